The zero-order chi connectivity index (χ0) is 14.4. The van der Waals surface area contributed by atoms with Crippen molar-refractivity contribution in [3.05, 3.63) is 63.6 Å². The van der Waals surface area contributed by atoms with Gasteiger partial charge in [-0.25, -0.2) is 0 Å². The standard InChI is InChI=1S/C15H13BrClNO2/c16-12-2-1-3-14(8-12)20-10-15(19)18-9-11-4-6-13(17)7-5-11/h1-8H,9-10H2,(H,18,19). The highest BCUT2D eigenvalue weighted by Crippen LogP contribution is 2.17. The molecule has 104 valence electrons. The molecule has 1 amide bonds. The van der Waals surface area contributed by atoms with E-state index in [2.05, 4.69) is 21.2 Å². The van der Waals surface area contributed by atoms with Crippen LogP contribution in [0.3, 0.4) is 0 Å². The van der Waals surface area contributed by atoms with Crippen molar-refractivity contribution in [1.29, 1.82) is 0 Å². The summed E-state index contributed by atoms with van der Waals surface area (Å²) in [6.45, 7) is 0.446. The fourth-order valence-corrected chi connectivity index (χ4v) is 2.06. The van der Waals surface area contributed by atoms with Crippen molar-refractivity contribution in [2.75, 3.05) is 6.61 Å². The van der Waals surface area contributed by atoms with E-state index >= 15 is 0 Å². The van der Waals surface area contributed by atoms with Gasteiger partial charge in [0.05, 0.1) is 0 Å². The van der Waals surface area contributed by atoms with E-state index in [-0.39, 0.29) is 12.5 Å². The van der Waals surface area contributed by atoms with E-state index in [4.69, 9.17) is 16.3 Å². The first-order valence-electron chi connectivity index (χ1n) is 6.03. The smallest absolute Gasteiger partial charge is 0.258 e. The maximum absolute atomic E-state index is 11.7. The summed E-state index contributed by atoms with van der Waals surface area (Å²) in [6, 6.07) is 14.7. The second-order valence-electron chi connectivity index (χ2n) is 4.15. The van der Waals surface area contributed by atoms with E-state index in [9.17, 15) is 4.79 Å². The Morgan fingerprint density at radius 2 is 1.95 bits per heavy atom. The molecule has 0 aliphatic rings. The molecule has 2 aromatic carbocycles. The SMILES string of the molecule is O=C(COc1cccc(Br)c1)NCc1ccc(Cl)cc1. The Bertz CT molecular complexity index is 587. The third-order valence-corrected chi connectivity index (χ3v) is 3.31. The minimum Gasteiger partial charge on any atom is -0.484 e. The van der Waals surface area contributed by atoms with E-state index < -0.39 is 0 Å². The Morgan fingerprint density at radius 3 is 2.65 bits per heavy atom. The van der Waals surface area contributed by atoms with Crippen LogP contribution in [0.15, 0.2) is 53.0 Å². The number of benzene rings is 2. The molecule has 0 bridgehead atoms. The molecule has 0 saturated heterocycles. The molecule has 3 nitrogen and oxygen atoms in total. The number of rotatable bonds is 5. The van der Waals surface area contributed by atoms with Gasteiger partial charge in [0.2, 0.25) is 0 Å². The van der Waals surface area contributed by atoms with Crippen molar-refractivity contribution in [3.8, 4) is 5.75 Å². The third-order valence-electron chi connectivity index (χ3n) is 2.57. The minimum atomic E-state index is -0.167. The lowest BCUT2D eigenvalue weighted by molar-refractivity contribution is -0.123. The second kappa shape index (κ2) is 7.31. The van der Waals surface area contributed by atoms with Crippen molar-refractivity contribution in [2.45, 2.75) is 6.54 Å². The number of ether oxygens (including phenoxy) is 1. The van der Waals surface area contributed by atoms with Crippen LogP contribution < -0.4 is 10.1 Å². The van der Waals surface area contributed by atoms with Crippen LogP contribution >= 0.6 is 27.5 Å². The molecule has 0 aromatic heterocycles. The molecule has 2 rings (SSSR count). The highest BCUT2D eigenvalue weighted by Gasteiger charge is 2.03. The van der Waals surface area contributed by atoms with E-state index in [1.807, 2.05) is 30.3 Å². The minimum absolute atomic E-state index is 0.00988. The molecule has 5 heteroatoms. The van der Waals surface area contributed by atoms with E-state index in [0.29, 0.717) is 17.3 Å². The van der Waals surface area contributed by atoms with Crippen LogP contribution in [0, 0.1) is 0 Å². The fraction of sp³-hybridized carbons (Fsp3) is 0.133. The van der Waals surface area contributed by atoms with E-state index in [1.165, 1.54) is 0 Å². The van der Waals surface area contributed by atoms with Crippen LogP contribution in [-0.4, -0.2) is 12.5 Å². The summed E-state index contributed by atoms with van der Waals surface area (Å²) < 4.78 is 6.31. The molecule has 20 heavy (non-hydrogen) atoms. The Kier molecular flexibility index (Phi) is 5.44. The number of halogens is 2. The summed E-state index contributed by atoms with van der Waals surface area (Å²) in [4.78, 5) is 11.7. The van der Waals surface area contributed by atoms with Crippen molar-refractivity contribution in [1.82, 2.24) is 5.32 Å². The first-order chi connectivity index (χ1) is 9.63. The van der Waals surface area contributed by atoms with Gasteiger partial charge in [-0.05, 0) is 35.9 Å². The van der Waals surface area contributed by atoms with Gasteiger partial charge in [0.25, 0.3) is 5.91 Å². The van der Waals surface area contributed by atoms with Gasteiger partial charge in [0.15, 0.2) is 6.61 Å². The predicted molar refractivity (Wildman–Crippen MR) is 82.9 cm³/mol. The second-order valence-corrected chi connectivity index (χ2v) is 5.50. The van der Waals surface area contributed by atoms with Crippen LogP contribution in [0.4, 0.5) is 0 Å². The van der Waals surface area contributed by atoms with Gasteiger partial charge in [0.1, 0.15) is 5.75 Å². The maximum Gasteiger partial charge on any atom is 0.258 e. The number of nitrogens with one attached hydrogen (secondary N) is 1. The molecule has 0 heterocycles. The van der Waals surface area contributed by atoms with Crippen LogP contribution in [0.2, 0.25) is 5.02 Å². The van der Waals surface area contributed by atoms with Crippen LogP contribution in [0.1, 0.15) is 5.56 Å². The molecule has 0 saturated carbocycles. The normalized spacial score (nSPS) is 10.1. The Morgan fingerprint density at radius 1 is 1.20 bits per heavy atom. The van der Waals surface area contributed by atoms with Crippen LogP contribution in [-0.2, 0) is 11.3 Å². The number of carbonyl (C=O) groups excluding carboxylic acids is 1. The highest BCUT2D eigenvalue weighted by atomic mass is 79.9. The zero-order valence-corrected chi connectivity index (χ0v) is 12.9. The summed E-state index contributed by atoms with van der Waals surface area (Å²) in [5, 5.41) is 3.46. The lowest BCUT2D eigenvalue weighted by Crippen LogP contribution is -2.28. The molecule has 0 radical (unpaired) electrons. The van der Waals surface area contributed by atoms with Crippen molar-refractivity contribution >= 4 is 33.4 Å². The number of amides is 1. The molecule has 0 unspecified atom stereocenters. The lowest BCUT2D eigenvalue weighted by atomic mass is 10.2. The number of hydrogen-bond donors (Lipinski definition) is 1. The first-order valence-corrected chi connectivity index (χ1v) is 7.20. The quantitative estimate of drug-likeness (QED) is 0.887. The van der Waals surface area contributed by atoms with Crippen LogP contribution in [0.25, 0.3) is 0 Å². The van der Waals surface area contributed by atoms with Crippen LogP contribution in [0.5, 0.6) is 5.75 Å². The molecule has 0 spiro atoms. The number of carbonyl (C=O) groups is 1. The van der Waals surface area contributed by atoms with Gasteiger partial charge in [-0.1, -0.05) is 45.7 Å². The highest BCUT2D eigenvalue weighted by molar-refractivity contribution is 9.10. The molecule has 0 aliphatic heterocycles. The summed E-state index contributed by atoms with van der Waals surface area (Å²) in [6.07, 6.45) is 0. The molecule has 0 fully saturated rings. The summed E-state index contributed by atoms with van der Waals surface area (Å²) >= 11 is 9.14. The molecule has 2 aromatic rings. The zero-order valence-electron chi connectivity index (χ0n) is 10.6. The van der Waals surface area contributed by atoms with Gasteiger partial charge in [0, 0.05) is 16.0 Å². The van der Waals surface area contributed by atoms with E-state index in [1.54, 1.807) is 18.2 Å². The number of hydrogen-bond acceptors (Lipinski definition) is 2. The Balaban J connectivity index is 1.77. The van der Waals surface area contributed by atoms with Crippen molar-refractivity contribution in [2.24, 2.45) is 0 Å². The molecule has 1 N–H and O–H groups in total. The van der Waals surface area contributed by atoms with E-state index in [0.717, 1.165) is 10.0 Å². The maximum atomic E-state index is 11.7. The molecular formula is C15H13BrClNO2. The largest absolute Gasteiger partial charge is 0.484 e. The van der Waals surface area contributed by atoms with Gasteiger partial charge in [-0.2, -0.15) is 0 Å². The van der Waals surface area contributed by atoms with Gasteiger partial charge < -0.3 is 10.1 Å². The first kappa shape index (κ1) is 14.9. The third kappa shape index (κ3) is 4.87. The summed E-state index contributed by atoms with van der Waals surface area (Å²) in [5.41, 5.74) is 0.991. The van der Waals surface area contributed by atoms with Gasteiger partial charge >= 0.3 is 0 Å². The van der Waals surface area contributed by atoms with Crippen molar-refractivity contribution < 1.29 is 9.53 Å². The fourth-order valence-electron chi connectivity index (χ4n) is 1.56. The molecule has 0 atom stereocenters. The summed E-state index contributed by atoms with van der Waals surface area (Å²) in [7, 11) is 0. The Labute approximate surface area is 131 Å². The monoisotopic (exact) mass is 353 g/mol. The molecule has 0 aliphatic carbocycles. The van der Waals surface area contributed by atoms with Crippen molar-refractivity contribution in [3.63, 3.8) is 0 Å². The average molecular weight is 355 g/mol. The summed E-state index contributed by atoms with van der Waals surface area (Å²) in [5.74, 6) is 0.487. The lowest BCUT2D eigenvalue weighted by Gasteiger charge is -2.08. The van der Waals surface area contributed by atoms with Gasteiger partial charge in [-0.15, -0.1) is 0 Å². The topological polar surface area (TPSA) is 38.3 Å². The average Bonchev–Trinajstić information content (AvgIpc) is 2.45. The predicted octanol–water partition coefficient (Wildman–Crippen LogP) is 3.80. The molecular weight excluding hydrogens is 342 g/mol. The Hall–Kier alpha value is -1.52. The van der Waals surface area contributed by atoms with Gasteiger partial charge in [-0.3, -0.25) is 4.79 Å².